The molecule has 0 radical (unpaired) electrons. The highest BCUT2D eigenvalue weighted by molar-refractivity contribution is 5.85. The van der Waals surface area contributed by atoms with Gasteiger partial charge in [-0.2, -0.15) is 13.2 Å². The maximum Gasteiger partial charge on any atom is 0.416 e. The van der Waals surface area contributed by atoms with Gasteiger partial charge < -0.3 is 29.9 Å². The van der Waals surface area contributed by atoms with E-state index in [1.807, 2.05) is 17.9 Å². The van der Waals surface area contributed by atoms with Crippen LogP contribution in [0.3, 0.4) is 0 Å². The van der Waals surface area contributed by atoms with Gasteiger partial charge in [0.1, 0.15) is 35.3 Å². The molecule has 1 aromatic heterocycles. The van der Waals surface area contributed by atoms with Gasteiger partial charge >= 0.3 is 6.18 Å². The minimum absolute atomic E-state index is 0.00600. The summed E-state index contributed by atoms with van der Waals surface area (Å²) in [5.41, 5.74) is -1.05. The second kappa shape index (κ2) is 15.2. The van der Waals surface area contributed by atoms with Gasteiger partial charge in [0.05, 0.1) is 17.7 Å². The number of nitrogens with zero attached hydrogens (tertiary/aromatic N) is 3. The van der Waals surface area contributed by atoms with Crippen molar-refractivity contribution < 1.29 is 50.8 Å². The first-order valence-corrected chi connectivity index (χ1v) is 18.1. The molecule has 4 heterocycles. The maximum atomic E-state index is 16.2. The average Bonchev–Trinajstić information content (AvgIpc) is 3.08. The van der Waals surface area contributed by atoms with Gasteiger partial charge in [-0.25, -0.2) is 13.2 Å². The number of hydrogen-bond acceptors (Lipinski definition) is 8. The topological polar surface area (TPSA) is 117 Å². The van der Waals surface area contributed by atoms with Crippen LogP contribution in [0.15, 0.2) is 59.5 Å². The first kappa shape index (κ1) is 39.3. The van der Waals surface area contributed by atoms with Crippen molar-refractivity contribution in [2.75, 3.05) is 44.7 Å². The van der Waals surface area contributed by atoms with Gasteiger partial charge in [0.25, 0.3) is 5.56 Å². The molecule has 1 amide bonds. The summed E-state index contributed by atoms with van der Waals surface area (Å²) in [5, 5.41) is 22.8. The van der Waals surface area contributed by atoms with Crippen molar-refractivity contribution in [3.05, 3.63) is 110 Å². The third kappa shape index (κ3) is 7.75. The van der Waals surface area contributed by atoms with Crippen LogP contribution in [0.4, 0.5) is 32.0 Å². The number of carbonyl (C=O) groups is 1. The van der Waals surface area contributed by atoms with E-state index in [2.05, 4.69) is 5.32 Å². The van der Waals surface area contributed by atoms with Crippen LogP contribution in [0.1, 0.15) is 51.9 Å². The standard InChI is InChI=1S/C40H40F6N4O6/c1-20-9-25(49-18-27(19-49)55-3)11-33-36(20)23-8-21(2)37(43)29(10-23)32(14-35(52)53)47-39(54)38(28-12-26(56-33)4-5-31(28)42)50-15-22(6-7-48-16-24(41)17-48)30(13-34(50)51)40(44,45)46/h4-5,8-13,15,24,27,32,35,38,52-53H,6-7,14,16-19H2,1-3H3,(H,47,54)/t32-,38-/m0/s1. The van der Waals surface area contributed by atoms with Gasteiger partial charge in [0.15, 0.2) is 6.29 Å². The smallest absolute Gasteiger partial charge is 0.416 e. The predicted molar refractivity (Wildman–Crippen MR) is 193 cm³/mol. The first-order valence-electron chi connectivity index (χ1n) is 18.1. The number of fused-ring (bicyclic) bond motifs is 6. The highest BCUT2D eigenvalue weighted by atomic mass is 19.4. The third-order valence-electron chi connectivity index (χ3n) is 10.6. The number of aliphatic hydroxyl groups excluding tert-OH is 1. The number of methoxy groups -OCH3 is 1. The van der Waals surface area contributed by atoms with Crippen molar-refractivity contribution in [2.24, 2.45) is 0 Å². The molecule has 2 saturated heterocycles. The Balaban J connectivity index is 1.43. The summed E-state index contributed by atoms with van der Waals surface area (Å²) in [6.07, 6.45) is -8.29. The summed E-state index contributed by atoms with van der Waals surface area (Å²) in [5.74, 6) is -2.70. The van der Waals surface area contributed by atoms with Crippen LogP contribution >= 0.6 is 0 Å². The van der Waals surface area contributed by atoms with E-state index in [9.17, 15) is 37.4 Å². The van der Waals surface area contributed by atoms with Crippen molar-refractivity contribution in [1.82, 2.24) is 14.8 Å². The Kier molecular flexibility index (Phi) is 10.7. The molecule has 0 aliphatic carbocycles. The molecule has 7 rings (SSSR count). The number of benzene rings is 3. The molecule has 3 aromatic carbocycles. The van der Waals surface area contributed by atoms with E-state index in [0.29, 0.717) is 40.4 Å². The Bertz CT molecular complexity index is 2220. The van der Waals surface area contributed by atoms with Crippen LogP contribution in [-0.4, -0.2) is 84.0 Å². The minimum atomic E-state index is -4.98. The van der Waals surface area contributed by atoms with Crippen molar-refractivity contribution >= 4 is 11.6 Å². The number of hydrogen-bond donors (Lipinski definition) is 3. The molecule has 2 fully saturated rings. The Hall–Kier alpha value is -4.90. The SMILES string of the molecule is COC1CN(c2cc(C)c3c(c2)Oc2ccc(F)c(c2)[C@H](n2cc(CCN4CC(F)C4)c(C(F)(F)F)cc2=O)C(=O)N[C@@H](CC(O)O)c2cc-3cc(C)c2F)C1. The van der Waals surface area contributed by atoms with Crippen LogP contribution < -0.4 is 20.5 Å². The van der Waals surface area contributed by atoms with Crippen LogP contribution in [0.5, 0.6) is 11.5 Å². The number of rotatable bonds is 8. The fourth-order valence-corrected chi connectivity index (χ4v) is 7.65. The predicted octanol–water partition coefficient (Wildman–Crippen LogP) is 5.71. The van der Waals surface area contributed by atoms with E-state index in [1.54, 1.807) is 24.1 Å². The second-order valence-electron chi connectivity index (χ2n) is 14.6. The Labute approximate surface area is 317 Å². The molecule has 0 unspecified atom stereocenters. The van der Waals surface area contributed by atoms with Crippen LogP contribution in [0.2, 0.25) is 0 Å². The minimum Gasteiger partial charge on any atom is -0.457 e. The lowest BCUT2D eigenvalue weighted by Gasteiger charge is -2.40. The van der Waals surface area contributed by atoms with Gasteiger partial charge in [-0.3, -0.25) is 19.1 Å². The third-order valence-corrected chi connectivity index (χ3v) is 10.6. The Morgan fingerprint density at radius 1 is 0.964 bits per heavy atom. The lowest BCUT2D eigenvalue weighted by molar-refractivity contribution is -0.138. The fraction of sp³-hybridized carbons (Fsp3) is 0.400. The number of aliphatic hydroxyl groups is 2. The molecule has 3 aliphatic heterocycles. The molecule has 3 aliphatic rings. The van der Waals surface area contributed by atoms with Crippen molar-refractivity contribution in [2.45, 2.75) is 63.5 Å². The molecular weight excluding hydrogens is 746 g/mol. The number of halogens is 6. The quantitative estimate of drug-likeness (QED) is 0.154. The zero-order valence-corrected chi connectivity index (χ0v) is 30.7. The number of anilines is 1. The number of aryl methyl sites for hydroxylation is 2. The normalized spacial score (nSPS) is 19.3. The second-order valence-corrected chi connectivity index (χ2v) is 14.6. The molecule has 4 bridgehead atoms. The molecule has 56 heavy (non-hydrogen) atoms. The first-order chi connectivity index (χ1) is 26.5. The van der Waals surface area contributed by atoms with E-state index in [4.69, 9.17) is 9.47 Å². The number of pyridine rings is 1. The number of nitrogens with one attached hydrogen (secondary N) is 1. The van der Waals surface area contributed by atoms with Crippen LogP contribution in [0, 0.1) is 25.5 Å². The highest BCUT2D eigenvalue weighted by Gasteiger charge is 2.38. The monoisotopic (exact) mass is 786 g/mol. The molecule has 10 nitrogen and oxygen atoms in total. The summed E-state index contributed by atoms with van der Waals surface area (Å²) < 4.78 is 101. The molecule has 3 N–H and O–H groups in total. The molecule has 4 aromatic rings. The lowest BCUT2D eigenvalue weighted by Crippen LogP contribution is -2.51. The van der Waals surface area contributed by atoms with E-state index >= 15 is 8.78 Å². The number of amides is 1. The molecule has 2 atom stereocenters. The van der Waals surface area contributed by atoms with Crippen molar-refractivity contribution in [3.63, 3.8) is 0 Å². The number of alkyl halides is 4. The van der Waals surface area contributed by atoms with Crippen molar-refractivity contribution in [3.8, 4) is 22.6 Å². The number of likely N-dealkylation sites (tertiary alicyclic amines) is 1. The Morgan fingerprint density at radius 2 is 1.70 bits per heavy atom. The summed E-state index contributed by atoms with van der Waals surface area (Å²) in [7, 11) is 1.61. The largest absolute Gasteiger partial charge is 0.457 e. The molecular formula is C40H40F6N4O6. The van der Waals surface area contributed by atoms with Gasteiger partial charge in [0, 0.05) is 87.0 Å². The van der Waals surface area contributed by atoms with Gasteiger partial charge in [-0.1, -0.05) is 0 Å². The fourth-order valence-electron chi connectivity index (χ4n) is 7.65. The summed E-state index contributed by atoms with van der Waals surface area (Å²) >= 11 is 0. The van der Waals surface area contributed by atoms with E-state index in [-0.39, 0.29) is 54.8 Å². The maximum absolute atomic E-state index is 16.2. The zero-order chi connectivity index (χ0) is 40.2. The number of carbonyl (C=O) groups excluding carboxylic acids is 1. The highest BCUT2D eigenvalue weighted by Crippen LogP contribution is 2.43. The summed E-state index contributed by atoms with van der Waals surface area (Å²) in [4.78, 5) is 31.8. The van der Waals surface area contributed by atoms with Gasteiger partial charge in [-0.15, -0.1) is 0 Å². The average molecular weight is 787 g/mol. The van der Waals surface area contributed by atoms with E-state index < -0.39 is 76.9 Å². The van der Waals surface area contributed by atoms with Crippen LogP contribution in [-0.2, 0) is 22.1 Å². The molecule has 16 heteroatoms. The summed E-state index contributed by atoms with van der Waals surface area (Å²) in [6.45, 7) is 4.55. The van der Waals surface area contributed by atoms with Gasteiger partial charge in [0.2, 0.25) is 5.91 Å². The number of ether oxygens (including phenoxy) is 2. The Morgan fingerprint density at radius 3 is 2.36 bits per heavy atom. The molecule has 0 spiro atoms. The number of aromatic nitrogens is 1. The van der Waals surface area contributed by atoms with Gasteiger partial charge in [-0.05, 0) is 78.9 Å². The molecule has 298 valence electrons. The lowest BCUT2D eigenvalue weighted by atomic mass is 9.91. The van der Waals surface area contributed by atoms with Crippen molar-refractivity contribution in [1.29, 1.82) is 0 Å². The molecule has 0 saturated carbocycles. The van der Waals surface area contributed by atoms with Crippen LogP contribution in [0.25, 0.3) is 11.1 Å². The zero-order valence-electron chi connectivity index (χ0n) is 30.7. The van der Waals surface area contributed by atoms with E-state index in [0.717, 1.165) is 24.0 Å². The van der Waals surface area contributed by atoms with E-state index in [1.165, 1.54) is 19.1 Å². The summed E-state index contributed by atoms with van der Waals surface area (Å²) in [6, 6.07) is 6.95.